The molecule has 2 aromatic rings. The highest BCUT2D eigenvalue weighted by Crippen LogP contribution is 2.29. The van der Waals surface area contributed by atoms with Gasteiger partial charge in [0, 0.05) is 22.8 Å². The quantitative estimate of drug-likeness (QED) is 0.697. The lowest BCUT2D eigenvalue weighted by Crippen LogP contribution is -1.93. The van der Waals surface area contributed by atoms with E-state index >= 15 is 0 Å². The van der Waals surface area contributed by atoms with E-state index in [2.05, 4.69) is 26.1 Å². The van der Waals surface area contributed by atoms with Gasteiger partial charge in [-0.05, 0) is 17.7 Å². The number of nitrogens with zero attached hydrogens (tertiary/aromatic N) is 2. The molecule has 1 aromatic carbocycles. The maximum Gasteiger partial charge on any atom is 0.276 e. The number of aromatic nitrogens is 2. The molecular formula is C10H10BrN3OS. The first-order valence-electron chi connectivity index (χ1n) is 4.62. The number of nitrogens with two attached hydrogens (primary N) is 1. The van der Waals surface area contributed by atoms with Gasteiger partial charge in [-0.25, -0.2) is 0 Å². The van der Waals surface area contributed by atoms with Crippen molar-refractivity contribution in [2.24, 2.45) is 0 Å². The summed E-state index contributed by atoms with van der Waals surface area (Å²) in [6, 6.07) is 5.75. The summed E-state index contributed by atoms with van der Waals surface area (Å²) in [7, 11) is 0. The number of thioether (sulfide) groups is 1. The van der Waals surface area contributed by atoms with Crippen LogP contribution < -0.4 is 5.73 Å². The Kier molecular flexibility index (Phi) is 3.50. The molecule has 0 aliphatic heterocycles. The van der Waals surface area contributed by atoms with E-state index in [4.69, 9.17) is 10.2 Å². The maximum absolute atomic E-state index is 5.88. The minimum Gasteiger partial charge on any atom is -0.416 e. The average Bonchev–Trinajstić information content (AvgIpc) is 2.63. The number of benzene rings is 1. The Morgan fingerprint density at radius 3 is 2.88 bits per heavy atom. The van der Waals surface area contributed by atoms with Crippen LogP contribution in [0.15, 0.2) is 32.3 Å². The Balaban J connectivity index is 2.10. The number of hydrogen-bond donors (Lipinski definition) is 1. The molecule has 0 saturated heterocycles. The number of anilines is 1. The molecule has 0 aliphatic carbocycles. The summed E-state index contributed by atoms with van der Waals surface area (Å²) in [5.74, 6) is 1.28. The van der Waals surface area contributed by atoms with E-state index in [9.17, 15) is 0 Å². The van der Waals surface area contributed by atoms with Crippen LogP contribution in [0.1, 0.15) is 11.5 Å². The van der Waals surface area contributed by atoms with E-state index in [0.717, 1.165) is 15.7 Å². The molecule has 0 atom stereocenters. The van der Waals surface area contributed by atoms with Crippen LogP contribution in [0, 0.1) is 6.92 Å². The smallest absolute Gasteiger partial charge is 0.276 e. The van der Waals surface area contributed by atoms with E-state index in [1.54, 1.807) is 6.92 Å². The fourth-order valence-electron chi connectivity index (χ4n) is 1.20. The molecule has 0 spiro atoms. The van der Waals surface area contributed by atoms with Crippen LogP contribution in [0.2, 0.25) is 0 Å². The number of hydrogen-bond acceptors (Lipinski definition) is 5. The molecule has 0 unspecified atom stereocenters. The van der Waals surface area contributed by atoms with Crippen LogP contribution in [0.3, 0.4) is 0 Å². The summed E-state index contributed by atoms with van der Waals surface area (Å²) in [6.07, 6.45) is 0. The number of nitrogen functional groups attached to an aromatic ring is 1. The zero-order valence-electron chi connectivity index (χ0n) is 8.61. The molecule has 2 N–H and O–H groups in total. The van der Waals surface area contributed by atoms with Crippen LogP contribution in [0.25, 0.3) is 0 Å². The molecule has 0 aliphatic rings. The monoisotopic (exact) mass is 299 g/mol. The molecule has 0 amide bonds. The lowest BCUT2D eigenvalue weighted by Gasteiger charge is -2.05. The van der Waals surface area contributed by atoms with E-state index in [-0.39, 0.29) is 0 Å². The van der Waals surface area contributed by atoms with Crippen molar-refractivity contribution in [1.82, 2.24) is 10.2 Å². The van der Waals surface area contributed by atoms with Gasteiger partial charge in [-0.1, -0.05) is 33.8 Å². The highest BCUT2D eigenvalue weighted by atomic mass is 79.9. The minimum atomic E-state index is 0.563. The van der Waals surface area contributed by atoms with Gasteiger partial charge in [0.2, 0.25) is 5.89 Å². The molecule has 0 radical (unpaired) electrons. The molecular weight excluding hydrogens is 290 g/mol. The molecule has 84 valence electrons. The fraction of sp³-hybridized carbons (Fsp3) is 0.200. The summed E-state index contributed by atoms with van der Waals surface area (Å²) in [4.78, 5) is 0. The van der Waals surface area contributed by atoms with Crippen molar-refractivity contribution in [1.29, 1.82) is 0 Å². The van der Waals surface area contributed by atoms with Crippen molar-refractivity contribution in [3.8, 4) is 0 Å². The molecule has 0 saturated carbocycles. The Labute approximate surface area is 106 Å². The van der Waals surface area contributed by atoms with Crippen molar-refractivity contribution in [3.63, 3.8) is 0 Å². The van der Waals surface area contributed by atoms with Crippen molar-refractivity contribution in [2.45, 2.75) is 17.9 Å². The van der Waals surface area contributed by atoms with Gasteiger partial charge >= 0.3 is 0 Å². The first kappa shape index (κ1) is 11.5. The third-order valence-corrected chi connectivity index (χ3v) is 3.59. The van der Waals surface area contributed by atoms with Crippen molar-refractivity contribution < 1.29 is 4.42 Å². The van der Waals surface area contributed by atoms with E-state index in [1.165, 1.54) is 11.8 Å². The second-order valence-corrected chi connectivity index (χ2v) is 4.96. The SMILES string of the molecule is Cc1nnc(SCc2c(N)cccc2Br)o1. The molecule has 0 fully saturated rings. The van der Waals surface area contributed by atoms with E-state index in [1.807, 2.05) is 18.2 Å². The van der Waals surface area contributed by atoms with Gasteiger partial charge in [0.25, 0.3) is 5.22 Å². The van der Waals surface area contributed by atoms with Crippen LogP contribution in [-0.2, 0) is 5.75 Å². The van der Waals surface area contributed by atoms with Crippen LogP contribution in [-0.4, -0.2) is 10.2 Å². The minimum absolute atomic E-state index is 0.563. The van der Waals surface area contributed by atoms with Gasteiger partial charge < -0.3 is 10.2 Å². The number of rotatable bonds is 3. The first-order valence-corrected chi connectivity index (χ1v) is 6.40. The summed E-state index contributed by atoms with van der Waals surface area (Å²) in [6.45, 7) is 1.77. The van der Waals surface area contributed by atoms with Gasteiger partial charge in [0.05, 0.1) is 0 Å². The maximum atomic E-state index is 5.88. The summed E-state index contributed by atoms with van der Waals surface area (Å²) in [5.41, 5.74) is 7.69. The molecule has 6 heteroatoms. The van der Waals surface area contributed by atoms with Gasteiger partial charge in [-0.3, -0.25) is 0 Å². The van der Waals surface area contributed by atoms with Crippen LogP contribution >= 0.6 is 27.7 Å². The average molecular weight is 300 g/mol. The highest BCUT2D eigenvalue weighted by Gasteiger charge is 2.08. The third kappa shape index (κ3) is 2.56. The summed E-state index contributed by atoms with van der Waals surface area (Å²) in [5, 5.41) is 8.24. The third-order valence-electron chi connectivity index (χ3n) is 2.00. The molecule has 0 bridgehead atoms. The first-order chi connectivity index (χ1) is 7.66. The van der Waals surface area contributed by atoms with Crippen LogP contribution in [0.5, 0.6) is 0 Å². The molecule has 2 rings (SSSR count). The topological polar surface area (TPSA) is 64.9 Å². The lowest BCUT2D eigenvalue weighted by atomic mass is 10.2. The predicted octanol–water partition coefficient (Wildman–Crippen LogP) is 3.02. The predicted molar refractivity (Wildman–Crippen MR) is 67.2 cm³/mol. The largest absolute Gasteiger partial charge is 0.416 e. The zero-order valence-corrected chi connectivity index (χ0v) is 11.0. The normalized spacial score (nSPS) is 10.6. The Morgan fingerprint density at radius 2 is 2.25 bits per heavy atom. The van der Waals surface area contributed by atoms with Gasteiger partial charge in [-0.2, -0.15) is 0 Å². The summed E-state index contributed by atoms with van der Waals surface area (Å²) >= 11 is 4.94. The van der Waals surface area contributed by atoms with Crippen molar-refractivity contribution >= 4 is 33.4 Å². The highest BCUT2D eigenvalue weighted by molar-refractivity contribution is 9.10. The van der Waals surface area contributed by atoms with Crippen molar-refractivity contribution in [2.75, 3.05) is 5.73 Å². The molecule has 1 aromatic heterocycles. The second-order valence-electron chi connectivity index (χ2n) is 3.18. The number of aryl methyl sites for hydroxylation is 1. The number of halogens is 1. The van der Waals surface area contributed by atoms with Gasteiger partial charge in [0.15, 0.2) is 0 Å². The van der Waals surface area contributed by atoms with Crippen molar-refractivity contribution in [3.05, 3.63) is 34.1 Å². The van der Waals surface area contributed by atoms with E-state index < -0.39 is 0 Å². The van der Waals surface area contributed by atoms with Crippen LogP contribution in [0.4, 0.5) is 5.69 Å². The standard InChI is InChI=1S/C10H10BrN3OS/c1-6-13-14-10(15-6)16-5-7-8(11)3-2-4-9(7)12/h2-4H,5,12H2,1H3. The van der Waals surface area contributed by atoms with Gasteiger partial charge in [0.1, 0.15) is 0 Å². The Bertz CT molecular complexity index is 480. The second kappa shape index (κ2) is 4.88. The fourth-order valence-corrected chi connectivity index (χ4v) is 2.77. The zero-order chi connectivity index (χ0) is 11.5. The molecule has 1 heterocycles. The lowest BCUT2D eigenvalue weighted by molar-refractivity contribution is 0.429. The van der Waals surface area contributed by atoms with Gasteiger partial charge in [-0.15, -0.1) is 10.2 Å². The summed E-state index contributed by atoms with van der Waals surface area (Å²) < 4.78 is 6.27. The molecule has 16 heavy (non-hydrogen) atoms. The van der Waals surface area contributed by atoms with E-state index in [0.29, 0.717) is 16.9 Å². The Morgan fingerprint density at radius 1 is 1.44 bits per heavy atom. The molecule has 4 nitrogen and oxygen atoms in total. The Hall–Kier alpha value is -1.01.